The highest BCUT2D eigenvalue weighted by Crippen LogP contribution is 2.25. The maximum Gasteiger partial charge on any atom is 0.167 e. The Hall–Kier alpha value is -1.63. The summed E-state index contributed by atoms with van der Waals surface area (Å²) in [5, 5.41) is 15.6. The molecule has 2 heterocycles. The molecule has 5 nitrogen and oxygen atoms in total. The van der Waals surface area contributed by atoms with Gasteiger partial charge in [-0.3, -0.25) is 0 Å². The number of hydrogen-bond acceptors (Lipinski definition) is 5. The highest BCUT2D eigenvalue weighted by Gasteiger charge is 2.11. The van der Waals surface area contributed by atoms with E-state index >= 15 is 0 Å². The third kappa shape index (κ3) is 2.49. The van der Waals surface area contributed by atoms with Crippen LogP contribution < -0.4 is 0 Å². The van der Waals surface area contributed by atoms with Crippen LogP contribution in [0.2, 0.25) is 5.02 Å². The first kappa shape index (κ1) is 13.4. The molecule has 0 radical (unpaired) electrons. The van der Waals surface area contributed by atoms with Crippen molar-refractivity contribution in [2.75, 3.05) is 12.4 Å². The van der Waals surface area contributed by atoms with Crippen molar-refractivity contribution in [1.82, 2.24) is 19.7 Å². The fourth-order valence-electron chi connectivity index (χ4n) is 1.85. The maximum atomic E-state index is 8.91. The fourth-order valence-corrected chi connectivity index (χ4v) is 2.68. The zero-order valence-electron chi connectivity index (χ0n) is 10.4. The van der Waals surface area contributed by atoms with Gasteiger partial charge in [0.25, 0.3) is 0 Å². The molecule has 0 aliphatic carbocycles. The number of aromatic nitrogens is 4. The highest BCUT2D eigenvalue weighted by molar-refractivity contribution is 7.99. The Morgan fingerprint density at radius 2 is 2.00 bits per heavy atom. The number of aliphatic hydroxyl groups is 1. The number of rotatable bonds is 4. The zero-order valence-corrected chi connectivity index (χ0v) is 12.0. The van der Waals surface area contributed by atoms with Crippen molar-refractivity contribution in [2.45, 2.75) is 5.03 Å². The summed E-state index contributed by atoms with van der Waals surface area (Å²) in [5.74, 6) is 0.595. The summed E-state index contributed by atoms with van der Waals surface area (Å²) in [7, 11) is 0. The second-order valence-electron chi connectivity index (χ2n) is 4.02. The SMILES string of the molecule is OCCSc1ncnc2c1cnn2-c1ccc(Cl)cc1. The number of hydrogen-bond donors (Lipinski definition) is 1. The summed E-state index contributed by atoms with van der Waals surface area (Å²) >= 11 is 7.38. The van der Waals surface area contributed by atoms with Crippen molar-refractivity contribution in [1.29, 1.82) is 0 Å². The first-order valence-electron chi connectivity index (χ1n) is 5.98. The molecule has 0 spiro atoms. The van der Waals surface area contributed by atoms with E-state index in [1.54, 1.807) is 10.9 Å². The lowest BCUT2D eigenvalue weighted by Crippen LogP contribution is -1.98. The third-order valence-electron chi connectivity index (χ3n) is 2.73. The molecule has 0 aliphatic rings. The highest BCUT2D eigenvalue weighted by atomic mass is 35.5. The van der Waals surface area contributed by atoms with Gasteiger partial charge in [0.15, 0.2) is 5.65 Å². The van der Waals surface area contributed by atoms with Gasteiger partial charge in [-0.25, -0.2) is 14.6 Å². The number of thioether (sulfide) groups is 1. The van der Waals surface area contributed by atoms with E-state index in [9.17, 15) is 0 Å². The van der Waals surface area contributed by atoms with Crippen LogP contribution in [0.1, 0.15) is 0 Å². The van der Waals surface area contributed by atoms with Crippen molar-refractivity contribution in [2.24, 2.45) is 0 Å². The number of aliphatic hydroxyl groups excluding tert-OH is 1. The van der Waals surface area contributed by atoms with Gasteiger partial charge in [-0.2, -0.15) is 5.10 Å². The van der Waals surface area contributed by atoms with Gasteiger partial charge in [0.2, 0.25) is 0 Å². The second-order valence-corrected chi connectivity index (χ2v) is 5.54. The molecule has 1 N–H and O–H groups in total. The molecule has 0 amide bonds. The lowest BCUT2D eigenvalue weighted by molar-refractivity contribution is 0.322. The van der Waals surface area contributed by atoms with Crippen LogP contribution >= 0.6 is 23.4 Å². The van der Waals surface area contributed by atoms with Gasteiger partial charge in [-0.1, -0.05) is 11.6 Å². The number of fused-ring (bicyclic) bond motifs is 1. The average molecular weight is 307 g/mol. The Morgan fingerprint density at radius 3 is 2.75 bits per heavy atom. The van der Waals surface area contributed by atoms with Gasteiger partial charge in [-0.05, 0) is 24.3 Å². The molecular weight excluding hydrogens is 296 g/mol. The van der Waals surface area contributed by atoms with Crippen LogP contribution in [-0.4, -0.2) is 37.2 Å². The van der Waals surface area contributed by atoms with E-state index in [1.807, 2.05) is 24.3 Å². The minimum absolute atomic E-state index is 0.113. The number of benzene rings is 1. The second kappa shape index (κ2) is 5.78. The molecule has 7 heteroatoms. The van der Waals surface area contributed by atoms with Gasteiger partial charge >= 0.3 is 0 Å². The molecule has 1 aromatic carbocycles. The van der Waals surface area contributed by atoms with Crippen LogP contribution in [0.15, 0.2) is 41.8 Å². The van der Waals surface area contributed by atoms with E-state index < -0.39 is 0 Å². The Labute approximate surface area is 124 Å². The molecule has 2 aromatic heterocycles. The standard InChI is InChI=1S/C13H11ClN4OS/c14-9-1-3-10(4-2-9)18-12-11(7-17-18)13(16-8-15-12)20-6-5-19/h1-4,7-8,19H,5-6H2. The van der Waals surface area contributed by atoms with Crippen molar-refractivity contribution in [3.63, 3.8) is 0 Å². The fraction of sp³-hybridized carbons (Fsp3) is 0.154. The van der Waals surface area contributed by atoms with Gasteiger partial charge in [0, 0.05) is 10.8 Å². The molecule has 102 valence electrons. The molecule has 0 aliphatic heterocycles. The summed E-state index contributed by atoms with van der Waals surface area (Å²) in [6, 6.07) is 7.40. The van der Waals surface area contributed by atoms with Crippen LogP contribution in [0.3, 0.4) is 0 Å². The first-order valence-corrected chi connectivity index (χ1v) is 7.34. The Kier molecular flexibility index (Phi) is 3.86. The van der Waals surface area contributed by atoms with E-state index in [-0.39, 0.29) is 6.61 Å². The Morgan fingerprint density at radius 1 is 1.20 bits per heavy atom. The van der Waals surface area contributed by atoms with Crippen LogP contribution in [0, 0.1) is 0 Å². The Bertz CT molecular complexity index is 729. The monoisotopic (exact) mass is 306 g/mol. The minimum Gasteiger partial charge on any atom is -0.396 e. The van der Waals surface area contributed by atoms with Crippen molar-refractivity contribution >= 4 is 34.4 Å². The van der Waals surface area contributed by atoms with E-state index in [1.165, 1.54) is 18.1 Å². The average Bonchev–Trinajstić information content (AvgIpc) is 2.90. The lowest BCUT2D eigenvalue weighted by atomic mass is 10.3. The predicted octanol–water partition coefficient (Wildman–Crippen LogP) is 2.55. The van der Waals surface area contributed by atoms with E-state index in [2.05, 4.69) is 15.1 Å². The largest absolute Gasteiger partial charge is 0.396 e. The van der Waals surface area contributed by atoms with Gasteiger partial charge in [0.05, 0.1) is 23.9 Å². The van der Waals surface area contributed by atoms with Crippen LogP contribution in [0.5, 0.6) is 0 Å². The quantitative estimate of drug-likeness (QED) is 0.593. The van der Waals surface area contributed by atoms with Crippen LogP contribution in [-0.2, 0) is 0 Å². The van der Waals surface area contributed by atoms with E-state index in [4.69, 9.17) is 16.7 Å². The molecule has 20 heavy (non-hydrogen) atoms. The minimum atomic E-state index is 0.113. The smallest absolute Gasteiger partial charge is 0.167 e. The van der Waals surface area contributed by atoms with Gasteiger partial charge in [-0.15, -0.1) is 11.8 Å². The molecule has 3 rings (SSSR count). The van der Waals surface area contributed by atoms with E-state index in [0.717, 1.165) is 21.7 Å². The van der Waals surface area contributed by atoms with Crippen molar-refractivity contribution in [3.8, 4) is 5.69 Å². The summed E-state index contributed by atoms with van der Waals surface area (Å²) in [5.41, 5.74) is 1.63. The molecule has 0 atom stereocenters. The molecule has 0 unspecified atom stereocenters. The number of nitrogens with zero attached hydrogens (tertiary/aromatic N) is 4. The third-order valence-corrected chi connectivity index (χ3v) is 3.97. The first-order chi connectivity index (χ1) is 9.79. The molecule has 0 bridgehead atoms. The van der Waals surface area contributed by atoms with Crippen LogP contribution in [0.25, 0.3) is 16.7 Å². The summed E-state index contributed by atoms with van der Waals surface area (Å²) < 4.78 is 1.75. The summed E-state index contributed by atoms with van der Waals surface area (Å²) in [4.78, 5) is 8.52. The van der Waals surface area contributed by atoms with Crippen LogP contribution in [0.4, 0.5) is 0 Å². The zero-order chi connectivity index (χ0) is 13.9. The maximum absolute atomic E-state index is 8.91. The molecule has 0 saturated heterocycles. The summed E-state index contributed by atoms with van der Waals surface area (Å²) in [6.07, 6.45) is 3.25. The Balaban J connectivity index is 2.07. The molecule has 3 aromatic rings. The normalized spacial score (nSPS) is 11.1. The predicted molar refractivity (Wildman–Crippen MR) is 79.5 cm³/mol. The topological polar surface area (TPSA) is 63.8 Å². The lowest BCUT2D eigenvalue weighted by Gasteiger charge is -2.03. The van der Waals surface area contributed by atoms with Crippen molar-refractivity contribution < 1.29 is 5.11 Å². The molecular formula is C13H11ClN4OS. The number of halogens is 1. The van der Waals surface area contributed by atoms with Crippen molar-refractivity contribution in [3.05, 3.63) is 41.8 Å². The van der Waals surface area contributed by atoms with Gasteiger partial charge in [0.1, 0.15) is 11.4 Å². The molecule has 0 fully saturated rings. The summed E-state index contributed by atoms with van der Waals surface area (Å²) in [6.45, 7) is 0.113. The van der Waals surface area contributed by atoms with E-state index in [0.29, 0.717) is 10.8 Å². The van der Waals surface area contributed by atoms with Gasteiger partial charge < -0.3 is 5.11 Å². The molecule has 0 saturated carbocycles.